The van der Waals surface area contributed by atoms with Crippen LogP contribution in [-0.2, 0) is 9.59 Å². The first-order valence-corrected chi connectivity index (χ1v) is 10.5. The van der Waals surface area contributed by atoms with Crippen molar-refractivity contribution in [2.45, 2.75) is 65.3 Å². The van der Waals surface area contributed by atoms with Crippen molar-refractivity contribution in [3.63, 3.8) is 0 Å². The van der Waals surface area contributed by atoms with Crippen molar-refractivity contribution in [1.82, 2.24) is 5.32 Å². The molecule has 1 heterocycles. The predicted molar refractivity (Wildman–Crippen MR) is 113 cm³/mol. The molecule has 0 aromatic heterocycles. The summed E-state index contributed by atoms with van der Waals surface area (Å²) in [5, 5.41) is 2.26. The topological polar surface area (TPSA) is 88.1 Å². The second-order valence-electron chi connectivity index (χ2n) is 7.11. The molecule has 158 valence electrons. The maximum atomic E-state index is 12.9. The number of aliphatic imine (C=N–C) groups is 1. The predicted octanol–water partition coefficient (Wildman–Crippen LogP) is 4.10. The molecule has 7 nitrogen and oxygen atoms in total. The molecule has 1 saturated heterocycles. The minimum absolute atomic E-state index is 0.0899. The Morgan fingerprint density at radius 2 is 1.69 bits per heavy atom. The van der Waals surface area contributed by atoms with Gasteiger partial charge in [0.05, 0.1) is 12.3 Å². The summed E-state index contributed by atoms with van der Waals surface area (Å²) < 4.78 is 5.39. The molecule has 1 N–H and O–H groups in total. The van der Waals surface area contributed by atoms with Gasteiger partial charge in [0, 0.05) is 12.3 Å². The molecular formula is C22H31N3O4. The highest BCUT2D eigenvalue weighted by Gasteiger charge is 2.40. The number of rotatable bonds is 11. The molecule has 7 heteroatoms. The highest BCUT2D eigenvalue weighted by Crippen LogP contribution is 2.23. The number of ether oxygens (including phenoxy) is 1. The highest BCUT2D eigenvalue weighted by molar-refractivity contribution is 6.32. The number of urea groups is 1. The summed E-state index contributed by atoms with van der Waals surface area (Å²) in [5.74, 6) is -1.68. The van der Waals surface area contributed by atoms with Gasteiger partial charge in [-0.25, -0.2) is 9.69 Å². The van der Waals surface area contributed by atoms with Crippen LogP contribution in [0.4, 0.5) is 10.5 Å². The van der Waals surface area contributed by atoms with E-state index in [1.807, 2.05) is 6.92 Å². The van der Waals surface area contributed by atoms with Gasteiger partial charge in [0.2, 0.25) is 5.91 Å². The third kappa shape index (κ3) is 6.14. The van der Waals surface area contributed by atoms with E-state index < -0.39 is 23.8 Å². The lowest BCUT2D eigenvalue weighted by Gasteiger charge is -2.28. The van der Waals surface area contributed by atoms with Crippen molar-refractivity contribution in [1.29, 1.82) is 0 Å². The molecule has 1 unspecified atom stereocenters. The van der Waals surface area contributed by atoms with E-state index in [0.29, 0.717) is 18.0 Å². The fraction of sp³-hybridized carbons (Fsp3) is 0.545. The van der Waals surface area contributed by atoms with Crippen LogP contribution in [0.3, 0.4) is 0 Å². The molecular weight excluding hydrogens is 370 g/mol. The Morgan fingerprint density at radius 1 is 1.07 bits per heavy atom. The number of carbonyl (C=O) groups excluding carboxylic acids is 3. The number of nitrogens with zero attached hydrogens (tertiary/aromatic N) is 2. The molecule has 2 rings (SSSR count). The average molecular weight is 402 g/mol. The van der Waals surface area contributed by atoms with E-state index in [1.165, 1.54) is 6.21 Å². The maximum absolute atomic E-state index is 12.9. The zero-order valence-corrected chi connectivity index (χ0v) is 17.5. The number of anilines is 1. The SMILES string of the molecule is CCCCC(CCCC)N=CC1C(=O)NC(=O)N(c2ccc(OCC)cc2)C1=O. The van der Waals surface area contributed by atoms with Gasteiger partial charge in [-0.1, -0.05) is 39.5 Å². The second kappa shape index (κ2) is 11.3. The molecule has 1 atom stereocenters. The number of amides is 4. The number of nitrogens with one attached hydrogen (secondary N) is 1. The van der Waals surface area contributed by atoms with Gasteiger partial charge < -0.3 is 4.74 Å². The molecule has 4 amide bonds. The molecule has 1 aromatic rings. The van der Waals surface area contributed by atoms with Gasteiger partial charge in [-0.2, -0.15) is 0 Å². The van der Waals surface area contributed by atoms with Gasteiger partial charge in [-0.3, -0.25) is 19.9 Å². The number of benzene rings is 1. The molecule has 1 aromatic carbocycles. The molecule has 1 aliphatic heterocycles. The Kier molecular flexibility index (Phi) is 8.83. The number of imide groups is 2. The summed E-state index contributed by atoms with van der Waals surface area (Å²) in [6.45, 7) is 6.64. The van der Waals surface area contributed by atoms with E-state index in [9.17, 15) is 14.4 Å². The fourth-order valence-electron chi connectivity index (χ4n) is 3.21. The van der Waals surface area contributed by atoms with Crippen LogP contribution in [0.1, 0.15) is 59.3 Å². The van der Waals surface area contributed by atoms with Gasteiger partial charge >= 0.3 is 6.03 Å². The summed E-state index contributed by atoms with van der Waals surface area (Å²) >= 11 is 0. The monoisotopic (exact) mass is 401 g/mol. The summed E-state index contributed by atoms with van der Waals surface area (Å²) in [7, 11) is 0. The van der Waals surface area contributed by atoms with Crippen LogP contribution in [0.15, 0.2) is 29.3 Å². The van der Waals surface area contributed by atoms with E-state index in [-0.39, 0.29) is 6.04 Å². The molecule has 0 radical (unpaired) electrons. The van der Waals surface area contributed by atoms with Crippen molar-refractivity contribution in [3.8, 4) is 5.75 Å². The van der Waals surface area contributed by atoms with Crippen molar-refractivity contribution in [3.05, 3.63) is 24.3 Å². The largest absolute Gasteiger partial charge is 0.494 e. The van der Waals surface area contributed by atoms with Crippen molar-refractivity contribution >= 4 is 29.7 Å². The Balaban J connectivity index is 2.17. The van der Waals surface area contributed by atoms with Gasteiger partial charge in [-0.05, 0) is 44.0 Å². The molecule has 1 fully saturated rings. The maximum Gasteiger partial charge on any atom is 0.335 e. The van der Waals surface area contributed by atoms with E-state index in [4.69, 9.17) is 4.74 Å². The second-order valence-corrected chi connectivity index (χ2v) is 7.11. The summed E-state index contributed by atoms with van der Waals surface area (Å²) in [4.78, 5) is 43.0. The summed E-state index contributed by atoms with van der Waals surface area (Å²) in [5.41, 5.74) is 0.385. The van der Waals surface area contributed by atoms with Crippen LogP contribution in [0.5, 0.6) is 5.75 Å². The van der Waals surface area contributed by atoms with Gasteiger partial charge in [0.1, 0.15) is 5.75 Å². The molecule has 0 spiro atoms. The average Bonchev–Trinajstić information content (AvgIpc) is 2.70. The first-order valence-electron chi connectivity index (χ1n) is 10.5. The van der Waals surface area contributed by atoms with E-state index in [2.05, 4.69) is 24.2 Å². The Hall–Kier alpha value is -2.70. The molecule has 0 bridgehead atoms. The number of unbranched alkanes of at least 4 members (excludes halogenated alkanes) is 2. The molecule has 0 saturated carbocycles. The van der Waals surface area contributed by atoms with Crippen molar-refractivity contribution in [2.75, 3.05) is 11.5 Å². The van der Waals surface area contributed by atoms with E-state index >= 15 is 0 Å². The summed E-state index contributed by atoms with van der Waals surface area (Å²) in [6.07, 6.45) is 7.51. The summed E-state index contributed by atoms with van der Waals surface area (Å²) in [6, 6.07) is 5.96. The number of hydrogen-bond donors (Lipinski definition) is 1. The van der Waals surface area contributed by atoms with E-state index in [1.54, 1.807) is 24.3 Å². The smallest absolute Gasteiger partial charge is 0.335 e. The minimum atomic E-state index is -1.11. The van der Waals surface area contributed by atoms with Gasteiger partial charge in [-0.15, -0.1) is 0 Å². The normalized spacial score (nSPS) is 17.3. The number of carbonyl (C=O) groups is 3. The number of hydrogen-bond acceptors (Lipinski definition) is 5. The third-order valence-corrected chi connectivity index (χ3v) is 4.84. The lowest BCUT2D eigenvalue weighted by Crippen LogP contribution is -2.58. The first kappa shape index (κ1) is 22.6. The van der Waals surface area contributed by atoms with Crippen molar-refractivity contribution in [2.24, 2.45) is 10.9 Å². The lowest BCUT2D eigenvalue weighted by atomic mass is 10.0. The van der Waals surface area contributed by atoms with Crippen LogP contribution < -0.4 is 15.0 Å². The van der Waals surface area contributed by atoms with Crippen LogP contribution in [-0.4, -0.2) is 36.7 Å². The van der Waals surface area contributed by atoms with Crippen LogP contribution in [0.2, 0.25) is 0 Å². The highest BCUT2D eigenvalue weighted by atomic mass is 16.5. The van der Waals surface area contributed by atoms with Gasteiger partial charge in [0.25, 0.3) is 5.91 Å². The quantitative estimate of drug-likeness (QED) is 0.446. The third-order valence-electron chi connectivity index (χ3n) is 4.84. The molecule has 1 aliphatic rings. The van der Waals surface area contributed by atoms with E-state index in [0.717, 1.165) is 43.4 Å². The zero-order chi connectivity index (χ0) is 21.2. The molecule has 0 aliphatic carbocycles. The minimum Gasteiger partial charge on any atom is -0.494 e. The first-order chi connectivity index (χ1) is 14.0. The molecule has 29 heavy (non-hydrogen) atoms. The zero-order valence-electron chi connectivity index (χ0n) is 17.5. The Bertz CT molecular complexity index is 722. The van der Waals surface area contributed by atoms with Crippen molar-refractivity contribution < 1.29 is 19.1 Å². The van der Waals surface area contributed by atoms with Crippen LogP contribution >= 0.6 is 0 Å². The van der Waals surface area contributed by atoms with Crippen LogP contribution in [0, 0.1) is 5.92 Å². The van der Waals surface area contributed by atoms with Gasteiger partial charge in [0.15, 0.2) is 5.92 Å². The van der Waals surface area contributed by atoms with Crippen LogP contribution in [0.25, 0.3) is 0 Å². The lowest BCUT2D eigenvalue weighted by molar-refractivity contribution is -0.131. The Morgan fingerprint density at radius 3 is 2.24 bits per heavy atom. The number of barbiturate groups is 1. The standard InChI is InChI=1S/C22H31N3O4/c1-4-7-9-16(10-8-5-2)23-15-19-20(26)24-22(28)25(21(19)27)17-11-13-18(14-12-17)29-6-3/h11-16,19H,4-10H2,1-3H3,(H,24,26,28). The fourth-order valence-corrected chi connectivity index (χ4v) is 3.21. The Labute approximate surface area is 172 Å².